The zero-order valence-corrected chi connectivity index (χ0v) is 11.3. The van der Waals surface area contributed by atoms with Crippen LogP contribution in [0.25, 0.3) is 0 Å². The van der Waals surface area contributed by atoms with Gasteiger partial charge in [-0.15, -0.1) is 12.4 Å². The Kier molecular flexibility index (Phi) is 6.46. The van der Waals surface area contributed by atoms with Gasteiger partial charge in [-0.3, -0.25) is 0 Å². The molecule has 0 heterocycles. The van der Waals surface area contributed by atoms with E-state index >= 15 is 0 Å². The third-order valence-corrected chi connectivity index (χ3v) is 2.59. The van der Waals surface area contributed by atoms with E-state index in [1.165, 1.54) is 0 Å². The summed E-state index contributed by atoms with van der Waals surface area (Å²) >= 11 is 0. The van der Waals surface area contributed by atoms with E-state index in [-0.39, 0.29) is 18.4 Å². The molecular weight excluding hydrogens is 222 g/mol. The number of benzene rings is 1. The van der Waals surface area contributed by atoms with Gasteiger partial charge in [0.05, 0.1) is 7.11 Å². The largest absolute Gasteiger partial charge is 0.496 e. The fourth-order valence-corrected chi connectivity index (χ4v) is 1.71. The van der Waals surface area contributed by atoms with Crippen LogP contribution >= 0.6 is 12.4 Å². The Hall–Kier alpha value is -0.730. The monoisotopic (exact) mass is 243 g/mol. The van der Waals surface area contributed by atoms with Gasteiger partial charge >= 0.3 is 0 Å². The highest BCUT2D eigenvalue weighted by Gasteiger charge is 2.10. The Labute approximate surface area is 105 Å². The van der Waals surface area contributed by atoms with Crippen molar-refractivity contribution in [3.05, 3.63) is 29.3 Å². The molecular formula is C13H22ClNO. The molecule has 0 saturated heterocycles. The SMILES string of the molecule is COc1cc([C@@H](N)CC(C)C)ccc1C.Cl. The van der Waals surface area contributed by atoms with Crippen molar-refractivity contribution in [1.82, 2.24) is 0 Å². The lowest BCUT2D eigenvalue weighted by atomic mass is 9.97. The van der Waals surface area contributed by atoms with Gasteiger partial charge in [-0.25, -0.2) is 0 Å². The van der Waals surface area contributed by atoms with E-state index < -0.39 is 0 Å². The smallest absolute Gasteiger partial charge is 0.122 e. The molecule has 0 aromatic heterocycles. The van der Waals surface area contributed by atoms with E-state index in [2.05, 4.69) is 26.0 Å². The first-order valence-corrected chi connectivity index (χ1v) is 5.44. The number of nitrogens with two attached hydrogens (primary N) is 1. The molecule has 92 valence electrons. The maximum Gasteiger partial charge on any atom is 0.122 e. The molecule has 0 saturated carbocycles. The molecule has 3 heteroatoms. The van der Waals surface area contributed by atoms with Crippen LogP contribution in [0.1, 0.15) is 37.4 Å². The van der Waals surface area contributed by atoms with Gasteiger partial charge in [0.1, 0.15) is 5.75 Å². The summed E-state index contributed by atoms with van der Waals surface area (Å²) in [6, 6.07) is 6.31. The predicted molar refractivity (Wildman–Crippen MR) is 71.4 cm³/mol. The van der Waals surface area contributed by atoms with Gasteiger partial charge in [-0.1, -0.05) is 26.0 Å². The highest BCUT2D eigenvalue weighted by atomic mass is 35.5. The number of ether oxygens (including phenoxy) is 1. The molecule has 1 atom stereocenters. The van der Waals surface area contributed by atoms with Crippen LogP contribution in [0.5, 0.6) is 5.75 Å². The Bertz CT molecular complexity index is 326. The molecule has 1 rings (SSSR count). The molecule has 0 aliphatic carbocycles. The maximum atomic E-state index is 6.11. The van der Waals surface area contributed by atoms with Crippen LogP contribution in [0.4, 0.5) is 0 Å². The highest BCUT2D eigenvalue weighted by Crippen LogP contribution is 2.25. The Balaban J connectivity index is 0.00000225. The molecule has 2 N–H and O–H groups in total. The Morgan fingerprint density at radius 2 is 1.94 bits per heavy atom. The Morgan fingerprint density at radius 3 is 2.44 bits per heavy atom. The van der Waals surface area contributed by atoms with Crippen molar-refractivity contribution in [3.63, 3.8) is 0 Å². The molecule has 0 radical (unpaired) electrons. The molecule has 2 nitrogen and oxygen atoms in total. The van der Waals surface area contributed by atoms with Crippen LogP contribution in [0.3, 0.4) is 0 Å². The van der Waals surface area contributed by atoms with E-state index in [1.807, 2.05) is 13.0 Å². The van der Waals surface area contributed by atoms with Crippen LogP contribution in [-0.2, 0) is 0 Å². The molecule has 0 aliphatic heterocycles. The minimum absolute atomic E-state index is 0. The maximum absolute atomic E-state index is 6.11. The van der Waals surface area contributed by atoms with Gasteiger partial charge in [-0.2, -0.15) is 0 Å². The molecule has 0 spiro atoms. The third-order valence-electron chi connectivity index (χ3n) is 2.59. The van der Waals surface area contributed by atoms with Crippen LogP contribution < -0.4 is 10.5 Å². The van der Waals surface area contributed by atoms with E-state index in [0.717, 1.165) is 23.3 Å². The van der Waals surface area contributed by atoms with E-state index in [9.17, 15) is 0 Å². The van der Waals surface area contributed by atoms with Crippen molar-refractivity contribution in [2.24, 2.45) is 11.7 Å². The summed E-state index contributed by atoms with van der Waals surface area (Å²) in [5.74, 6) is 1.54. The van der Waals surface area contributed by atoms with Gasteiger partial charge in [0, 0.05) is 6.04 Å². The van der Waals surface area contributed by atoms with Crippen LogP contribution in [-0.4, -0.2) is 7.11 Å². The summed E-state index contributed by atoms with van der Waals surface area (Å²) < 4.78 is 5.29. The van der Waals surface area contributed by atoms with E-state index in [0.29, 0.717) is 5.92 Å². The molecule has 0 aliphatic rings. The first-order valence-electron chi connectivity index (χ1n) is 5.44. The summed E-state index contributed by atoms with van der Waals surface area (Å²) in [7, 11) is 1.69. The van der Waals surface area contributed by atoms with Gasteiger partial charge in [0.2, 0.25) is 0 Å². The number of halogens is 1. The quantitative estimate of drug-likeness (QED) is 0.879. The predicted octanol–water partition coefficient (Wildman–Crippen LogP) is 3.47. The standard InChI is InChI=1S/C13H21NO.ClH/c1-9(2)7-12(14)11-6-5-10(3)13(8-11)15-4;/h5-6,8-9,12H,7,14H2,1-4H3;1H/t12-;/m0./s1. The number of hydrogen-bond acceptors (Lipinski definition) is 2. The minimum Gasteiger partial charge on any atom is -0.496 e. The van der Waals surface area contributed by atoms with Gasteiger partial charge in [0.15, 0.2) is 0 Å². The van der Waals surface area contributed by atoms with Gasteiger partial charge in [0.25, 0.3) is 0 Å². The van der Waals surface area contributed by atoms with E-state index in [1.54, 1.807) is 7.11 Å². The van der Waals surface area contributed by atoms with Crippen LogP contribution in [0.2, 0.25) is 0 Å². The lowest BCUT2D eigenvalue weighted by Crippen LogP contribution is -2.13. The normalized spacial score (nSPS) is 12.1. The summed E-state index contributed by atoms with van der Waals surface area (Å²) in [5, 5.41) is 0. The number of methoxy groups -OCH3 is 1. The average molecular weight is 244 g/mol. The van der Waals surface area contributed by atoms with Crippen molar-refractivity contribution in [1.29, 1.82) is 0 Å². The molecule has 1 aromatic carbocycles. The molecule has 0 amide bonds. The van der Waals surface area contributed by atoms with Crippen LogP contribution in [0, 0.1) is 12.8 Å². The highest BCUT2D eigenvalue weighted by molar-refractivity contribution is 5.85. The zero-order valence-electron chi connectivity index (χ0n) is 10.5. The summed E-state index contributed by atoms with van der Waals surface area (Å²) in [6.07, 6.45) is 1.01. The molecule has 1 aromatic rings. The van der Waals surface area contributed by atoms with Crippen molar-refractivity contribution < 1.29 is 4.74 Å². The summed E-state index contributed by atoms with van der Waals surface area (Å²) in [4.78, 5) is 0. The second kappa shape index (κ2) is 6.77. The van der Waals surface area contributed by atoms with Crippen molar-refractivity contribution >= 4 is 12.4 Å². The first kappa shape index (κ1) is 15.3. The Morgan fingerprint density at radius 1 is 1.31 bits per heavy atom. The topological polar surface area (TPSA) is 35.2 Å². The first-order chi connectivity index (χ1) is 7.04. The number of hydrogen-bond donors (Lipinski definition) is 1. The second-order valence-corrected chi connectivity index (χ2v) is 4.47. The van der Waals surface area contributed by atoms with Crippen molar-refractivity contribution in [2.45, 2.75) is 33.2 Å². The number of rotatable bonds is 4. The van der Waals surface area contributed by atoms with Gasteiger partial charge in [-0.05, 0) is 36.5 Å². The third kappa shape index (κ3) is 4.03. The van der Waals surface area contributed by atoms with Crippen molar-refractivity contribution in [3.8, 4) is 5.75 Å². The second-order valence-electron chi connectivity index (χ2n) is 4.47. The van der Waals surface area contributed by atoms with E-state index in [4.69, 9.17) is 10.5 Å². The fourth-order valence-electron chi connectivity index (χ4n) is 1.71. The molecule has 0 fully saturated rings. The molecule has 0 unspecified atom stereocenters. The minimum atomic E-state index is 0. The summed E-state index contributed by atoms with van der Waals surface area (Å²) in [5.41, 5.74) is 8.42. The lowest BCUT2D eigenvalue weighted by molar-refractivity contribution is 0.410. The van der Waals surface area contributed by atoms with Crippen LogP contribution in [0.15, 0.2) is 18.2 Å². The average Bonchev–Trinajstić information content (AvgIpc) is 2.17. The van der Waals surface area contributed by atoms with Gasteiger partial charge < -0.3 is 10.5 Å². The molecule has 16 heavy (non-hydrogen) atoms. The van der Waals surface area contributed by atoms with Crippen molar-refractivity contribution in [2.75, 3.05) is 7.11 Å². The fraction of sp³-hybridized carbons (Fsp3) is 0.538. The lowest BCUT2D eigenvalue weighted by Gasteiger charge is -2.16. The number of aryl methyl sites for hydroxylation is 1. The zero-order chi connectivity index (χ0) is 11.4. The molecule has 0 bridgehead atoms. The summed E-state index contributed by atoms with van der Waals surface area (Å²) in [6.45, 7) is 6.41.